The number of hydrogen-bond acceptors (Lipinski definition) is 3. The minimum atomic E-state index is 0.454. The molecule has 8 aromatic carbocycles. The van der Waals surface area contributed by atoms with E-state index in [-0.39, 0.29) is 0 Å². The molecule has 0 aliphatic heterocycles. The highest BCUT2D eigenvalue weighted by Crippen LogP contribution is 2.44. The van der Waals surface area contributed by atoms with E-state index < -0.39 is 0 Å². The molecule has 0 amide bonds. The molecular weight excluding hydrogens is 647 g/mol. The first-order valence-corrected chi connectivity index (χ1v) is 17.7. The Balaban J connectivity index is 1.35. The van der Waals surface area contributed by atoms with Gasteiger partial charge in [-0.3, -0.25) is 0 Å². The molecule has 2 heterocycles. The number of fused-ring (bicyclic) bond motifs is 8. The predicted molar refractivity (Wildman–Crippen MR) is 220 cm³/mol. The first kappa shape index (κ1) is 30.4. The Bertz CT molecular complexity index is 3000. The van der Waals surface area contributed by atoms with Crippen LogP contribution in [0.3, 0.4) is 0 Å². The van der Waals surface area contributed by atoms with E-state index in [0.29, 0.717) is 11.1 Å². The number of benzene rings is 8. The Morgan fingerprint density at radius 1 is 0.491 bits per heavy atom. The Kier molecular flexibility index (Phi) is 6.95. The lowest BCUT2D eigenvalue weighted by Crippen LogP contribution is -2.10. The number of nitriles is 1. The van der Waals surface area contributed by atoms with Gasteiger partial charge in [0.2, 0.25) is 0 Å². The SMILES string of the molecule is N#Cc1ccc(-n2c3ccc(N(c4ccccc4)c4ccccc4)cc3c3c4ccccc4ccc32)c(-n2c3ccccc3c3ccccc32)c1C=N. The highest BCUT2D eigenvalue weighted by molar-refractivity contribution is 6.22. The van der Waals surface area contributed by atoms with E-state index in [1.54, 1.807) is 0 Å². The molecule has 2 aromatic heterocycles. The fraction of sp³-hybridized carbons (Fsp3) is 0. The summed E-state index contributed by atoms with van der Waals surface area (Å²) in [6.45, 7) is 0. The fourth-order valence-electron chi connectivity index (χ4n) is 8.20. The summed E-state index contributed by atoms with van der Waals surface area (Å²) in [7, 11) is 0. The lowest BCUT2D eigenvalue weighted by molar-refractivity contribution is 1.09. The number of aromatic nitrogens is 2. The molecule has 53 heavy (non-hydrogen) atoms. The van der Waals surface area contributed by atoms with Crippen molar-refractivity contribution in [3.8, 4) is 17.4 Å². The molecule has 10 rings (SSSR count). The number of anilines is 3. The van der Waals surface area contributed by atoms with Gasteiger partial charge in [0, 0.05) is 50.4 Å². The van der Waals surface area contributed by atoms with Crippen LogP contribution in [0.1, 0.15) is 11.1 Å². The second kappa shape index (κ2) is 12.1. The Morgan fingerprint density at radius 2 is 1.06 bits per heavy atom. The summed E-state index contributed by atoms with van der Waals surface area (Å²) in [6.07, 6.45) is 1.33. The minimum Gasteiger partial charge on any atom is -0.310 e. The number of hydrogen-bond donors (Lipinski definition) is 1. The van der Waals surface area contributed by atoms with E-state index in [2.05, 4.69) is 172 Å². The summed E-state index contributed by atoms with van der Waals surface area (Å²) >= 11 is 0. The van der Waals surface area contributed by atoms with Gasteiger partial charge in [-0.25, -0.2) is 0 Å². The normalized spacial score (nSPS) is 11.5. The summed E-state index contributed by atoms with van der Waals surface area (Å²) < 4.78 is 4.56. The maximum Gasteiger partial charge on any atom is 0.0999 e. The monoisotopic (exact) mass is 677 g/mol. The highest BCUT2D eigenvalue weighted by atomic mass is 15.1. The van der Waals surface area contributed by atoms with Crippen molar-refractivity contribution in [2.75, 3.05) is 4.90 Å². The second-order valence-corrected chi connectivity index (χ2v) is 13.2. The third-order valence-electron chi connectivity index (χ3n) is 10.4. The molecule has 5 nitrogen and oxygen atoms in total. The van der Waals surface area contributed by atoms with Crippen molar-refractivity contribution in [2.45, 2.75) is 0 Å². The average molecular weight is 678 g/mol. The van der Waals surface area contributed by atoms with Crippen LogP contribution in [0, 0.1) is 16.7 Å². The Morgan fingerprint density at radius 3 is 1.70 bits per heavy atom. The summed E-state index contributed by atoms with van der Waals surface area (Å²) in [5.41, 5.74) is 10.0. The standard InChI is InChI=1S/C48H31N5/c49-30-33-24-27-46(48(41(33)31-50)53-42-21-11-9-19-38(42)39-20-10-12-22-43(39)53)52-44-28-25-36(51(34-14-3-1-4-15-34)35-16-5-2-6-17-35)29-40(44)47-37-18-8-7-13-32(37)23-26-45(47)52/h1-29,31,50H. The van der Waals surface area contributed by atoms with Crippen LogP contribution in [0.15, 0.2) is 176 Å². The van der Waals surface area contributed by atoms with Gasteiger partial charge in [0.15, 0.2) is 0 Å². The molecule has 10 aromatic rings. The Labute approximate surface area is 305 Å². The molecule has 0 fully saturated rings. The van der Waals surface area contributed by atoms with Crippen molar-refractivity contribution in [3.63, 3.8) is 0 Å². The molecule has 0 atom stereocenters. The van der Waals surface area contributed by atoms with E-state index in [1.165, 1.54) is 6.21 Å². The first-order valence-electron chi connectivity index (χ1n) is 17.7. The lowest BCUT2D eigenvalue weighted by Gasteiger charge is -2.25. The van der Waals surface area contributed by atoms with Crippen LogP contribution in [-0.2, 0) is 0 Å². The quantitative estimate of drug-likeness (QED) is 0.178. The third-order valence-corrected chi connectivity index (χ3v) is 10.4. The van der Waals surface area contributed by atoms with Gasteiger partial charge in [0.05, 0.1) is 45.1 Å². The van der Waals surface area contributed by atoms with Crippen molar-refractivity contribution in [1.29, 1.82) is 10.7 Å². The number of para-hydroxylation sites is 4. The van der Waals surface area contributed by atoms with Crippen molar-refractivity contribution >= 4 is 77.7 Å². The van der Waals surface area contributed by atoms with Crippen LogP contribution in [-0.4, -0.2) is 15.3 Å². The van der Waals surface area contributed by atoms with Gasteiger partial charge in [-0.05, 0) is 83.6 Å². The lowest BCUT2D eigenvalue weighted by atomic mass is 10.0. The smallest absolute Gasteiger partial charge is 0.0999 e. The van der Waals surface area contributed by atoms with Crippen LogP contribution in [0.4, 0.5) is 17.1 Å². The van der Waals surface area contributed by atoms with Gasteiger partial charge < -0.3 is 19.4 Å². The van der Waals surface area contributed by atoms with E-state index in [1.807, 2.05) is 24.3 Å². The molecule has 0 saturated heterocycles. The zero-order chi connectivity index (χ0) is 35.5. The molecule has 0 radical (unpaired) electrons. The largest absolute Gasteiger partial charge is 0.310 e. The van der Waals surface area contributed by atoms with Gasteiger partial charge in [0.1, 0.15) is 0 Å². The van der Waals surface area contributed by atoms with Crippen molar-refractivity contribution in [3.05, 3.63) is 187 Å². The minimum absolute atomic E-state index is 0.454. The van der Waals surface area contributed by atoms with Gasteiger partial charge in [-0.2, -0.15) is 5.26 Å². The van der Waals surface area contributed by atoms with E-state index in [0.717, 1.165) is 82.8 Å². The van der Waals surface area contributed by atoms with E-state index >= 15 is 0 Å². The number of rotatable bonds is 6. The molecule has 0 aliphatic carbocycles. The Hall–Kier alpha value is -7.42. The van der Waals surface area contributed by atoms with Gasteiger partial charge in [-0.1, -0.05) is 103 Å². The van der Waals surface area contributed by atoms with E-state index in [4.69, 9.17) is 5.41 Å². The molecule has 248 valence electrons. The van der Waals surface area contributed by atoms with Crippen LogP contribution < -0.4 is 4.90 Å². The van der Waals surface area contributed by atoms with E-state index in [9.17, 15) is 5.26 Å². The van der Waals surface area contributed by atoms with Crippen molar-refractivity contribution in [2.24, 2.45) is 0 Å². The fourth-order valence-corrected chi connectivity index (χ4v) is 8.20. The molecule has 0 bridgehead atoms. The summed E-state index contributed by atoms with van der Waals surface area (Å²) in [4.78, 5) is 2.30. The highest BCUT2D eigenvalue weighted by Gasteiger charge is 2.24. The maximum atomic E-state index is 10.4. The third kappa shape index (κ3) is 4.60. The van der Waals surface area contributed by atoms with Crippen LogP contribution >= 0.6 is 0 Å². The summed E-state index contributed by atoms with van der Waals surface area (Å²) in [5, 5.41) is 25.9. The van der Waals surface area contributed by atoms with Crippen LogP contribution in [0.25, 0.3) is 65.8 Å². The summed E-state index contributed by atoms with van der Waals surface area (Å²) in [5.74, 6) is 0. The summed E-state index contributed by atoms with van der Waals surface area (Å²) in [6, 6.07) is 63.7. The molecule has 0 unspecified atom stereocenters. The van der Waals surface area contributed by atoms with Crippen molar-refractivity contribution in [1.82, 2.24) is 9.13 Å². The van der Waals surface area contributed by atoms with Gasteiger partial charge in [-0.15, -0.1) is 0 Å². The average Bonchev–Trinajstić information content (AvgIpc) is 3.74. The second-order valence-electron chi connectivity index (χ2n) is 13.2. The first-order chi connectivity index (χ1) is 26.2. The number of nitrogens with one attached hydrogen (secondary N) is 1. The van der Waals surface area contributed by atoms with Crippen LogP contribution in [0.2, 0.25) is 0 Å². The van der Waals surface area contributed by atoms with Gasteiger partial charge >= 0.3 is 0 Å². The zero-order valence-corrected chi connectivity index (χ0v) is 28.6. The zero-order valence-electron chi connectivity index (χ0n) is 28.6. The molecule has 0 spiro atoms. The van der Waals surface area contributed by atoms with Crippen molar-refractivity contribution < 1.29 is 0 Å². The predicted octanol–water partition coefficient (Wildman–Crippen LogP) is 12.4. The van der Waals surface area contributed by atoms with Crippen LogP contribution in [0.5, 0.6) is 0 Å². The number of nitrogens with zero attached hydrogens (tertiary/aromatic N) is 4. The molecular formula is C48H31N5. The topological polar surface area (TPSA) is 60.7 Å². The molecule has 5 heteroatoms. The molecule has 0 aliphatic rings. The molecule has 1 N–H and O–H groups in total. The van der Waals surface area contributed by atoms with Gasteiger partial charge in [0.25, 0.3) is 0 Å². The molecule has 0 saturated carbocycles. The maximum absolute atomic E-state index is 10.4.